The standard InChI is InChI=1S/C23H14Cl2F3N5O3S/c24-14-8-15(31-18(25)17(14)34)19(35)33-22-16(32-21(37-22)12-5-3-7-29-9-12)20(36)30-10-11-4-1-2-6-13(11)23(26,27)28/h1-9,34H,10H2,(H,30,36)(H,33,35). The van der Waals surface area contributed by atoms with Crippen molar-refractivity contribution in [1.82, 2.24) is 20.3 Å². The number of benzene rings is 1. The van der Waals surface area contributed by atoms with E-state index >= 15 is 0 Å². The van der Waals surface area contributed by atoms with Crippen LogP contribution >= 0.6 is 34.5 Å². The van der Waals surface area contributed by atoms with Gasteiger partial charge >= 0.3 is 6.18 Å². The Hall–Kier alpha value is -3.74. The van der Waals surface area contributed by atoms with E-state index < -0.39 is 41.0 Å². The fraction of sp³-hybridized carbons (Fsp3) is 0.0870. The number of carbonyl (C=O) groups excluding carboxylic acids is 2. The normalized spacial score (nSPS) is 11.3. The third-order valence-corrected chi connectivity index (χ3v) is 6.45. The molecule has 0 atom stereocenters. The maximum absolute atomic E-state index is 13.3. The molecule has 3 aromatic heterocycles. The van der Waals surface area contributed by atoms with Gasteiger partial charge < -0.3 is 15.7 Å². The molecule has 0 unspecified atom stereocenters. The maximum atomic E-state index is 13.3. The van der Waals surface area contributed by atoms with Crippen LogP contribution in [0, 0.1) is 0 Å². The van der Waals surface area contributed by atoms with Crippen LogP contribution in [0.3, 0.4) is 0 Å². The Morgan fingerprint density at radius 1 is 1.05 bits per heavy atom. The van der Waals surface area contributed by atoms with Crippen LogP contribution in [0.5, 0.6) is 5.75 Å². The summed E-state index contributed by atoms with van der Waals surface area (Å²) in [6, 6.07) is 9.24. The molecular weight excluding hydrogens is 554 g/mol. The highest BCUT2D eigenvalue weighted by Crippen LogP contribution is 2.35. The highest BCUT2D eigenvalue weighted by Gasteiger charge is 2.33. The first-order valence-corrected chi connectivity index (χ1v) is 11.8. The van der Waals surface area contributed by atoms with Crippen LogP contribution in [-0.2, 0) is 12.7 Å². The van der Waals surface area contributed by atoms with Gasteiger partial charge in [-0.1, -0.05) is 52.7 Å². The molecule has 0 bridgehead atoms. The van der Waals surface area contributed by atoms with Gasteiger partial charge in [0.05, 0.1) is 10.6 Å². The minimum atomic E-state index is -4.60. The van der Waals surface area contributed by atoms with E-state index in [-0.39, 0.29) is 27.0 Å². The third-order valence-electron chi connectivity index (χ3n) is 4.88. The Kier molecular flexibility index (Phi) is 7.62. The van der Waals surface area contributed by atoms with Gasteiger partial charge in [-0.15, -0.1) is 0 Å². The number of alkyl halides is 3. The number of anilines is 1. The first-order chi connectivity index (χ1) is 17.5. The van der Waals surface area contributed by atoms with E-state index in [4.69, 9.17) is 23.2 Å². The lowest BCUT2D eigenvalue weighted by atomic mass is 10.1. The minimum Gasteiger partial charge on any atom is -0.504 e. The van der Waals surface area contributed by atoms with Gasteiger partial charge in [-0.25, -0.2) is 9.97 Å². The van der Waals surface area contributed by atoms with Crippen molar-refractivity contribution in [2.45, 2.75) is 12.7 Å². The van der Waals surface area contributed by atoms with Crippen LogP contribution < -0.4 is 10.6 Å². The smallest absolute Gasteiger partial charge is 0.416 e. The van der Waals surface area contributed by atoms with Crippen LogP contribution in [-0.4, -0.2) is 31.9 Å². The monoisotopic (exact) mass is 567 g/mol. The molecule has 37 heavy (non-hydrogen) atoms. The molecule has 2 amide bonds. The SMILES string of the molecule is O=C(Nc1sc(-c2cccnc2)nc1C(=O)NCc1ccccc1C(F)(F)F)c1cc(Cl)c(O)c(Cl)n1. The van der Waals surface area contributed by atoms with Crippen LogP contribution in [0.4, 0.5) is 18.2 Å². The molecule has 0 saturated heterocycles. The number of halogens is 5. The summed E-state index contributed by atoms with van der Waals surface area (Å²) < 4.78 is 40.0. The Labute approximate surface area is 221 Å². The summed E-state index contributed by atoms with van der Waals surface area (Å²) >= 11 is 12.6. The van der Waals surface area contributed by atoms with Gasteiger partial charge in [0, 0.05) is 24.5 Å². The quantitative estimate of drug-likeness (QED) is 0.253. The van der Waals surface area contributed by atoms with Gasteiger partial charge in [-0.05, 0) is 29.8 Å². The number of amides is 2. The van der Waals surface area contributed by atoms with Crippen molar-refractivity contribution >= 4 is 51.4 Å². The highest BCUT2D eigenvalue weighted by atomic mass is 35.5. The summed E-state index contributed by atoms with van der Waals surface area (Å²) in [5.41, 5.74) is -0.981. The Balaban J connectivity index is 1.64. The molecule has 0 saturated carbocycles. The van der Waals surface area contributed by atoms with Gasteiger partial charge in [0.2, 0.25) is 0 Å². The Morgan fingerprint density at radius 2 is 1.81 bits per heavy atom. The van der Waals surface area contributed by atoms with Crippen molar-refractivity contribution in [3.8, 4) is 16.3 Å². The van der Waals surface area contributed by atoms with E-state index in [1.165, 1.54) is 30.6 Å². The van der Waals surface area contributed by atoms with E-state index in [0.717, 1.165) is 23.5 Å². The molecule has 0 aliphatic heterocycles. The number of aromatic hydroxyl groups is 1. The molecule has 0 fully saturated rings. The summed E-state index contributed by atoms with van der Waals surface area (Å²) in [7, 11) is 0. The van der Waals surface area contributed by atoms with Crippen molar-refractivity contribution < 1.29 is 27.9 Å². The fourth-order valence-corrected chi connectivity index (χ4v) is 4.52. The minimum absolute atomic E-state index is 0.00687. The number of rotatable bonds is 6. The average Bonchev–Trinajstić information content (AvgIpc) is 3.29. The molecular formula is C23H14Cl2F3N5O3S. The molecule has 0 aliphatic rings. The predicted octanol–water partition coefficient (Wildman–Crippen LogP) is 5.81. The van der Waals surface area contributed by atoms with Gasteiger partial charge in [-0.3, -0.25) is 14.6 Å². The zero-order chi connectivity index (χ0) is 26.7. The number of hydrogen-bond acceptors (Lipinski definition) is 7. The molecule has 0 spiro atoms. The van der Waals surface area contributed by atoms with Gasteiger partial charge in [0.15, 0.2) is 16.6 Å². The highest BCUT2D eigenvalue weighted by molar-refractivity contribution is 7.19. The van der Waals surface area contributed by atoms with Gasteiger partial charge in [0.25, 0.3) is 11.8 Å². The fourth-order valence-electron chi connectivity index (χ4n) is 3.14. The zero-order valence-electron chi connectivity index (χ0n) is 18.3. The van der Waals surface area contributed by atoms with Crippen molar-refractivity contribution in [2.24, 2.45) is 0 Å². The van der Waals surface area contributed by atoms with E-state index in [0.29, 0.717) is 10.6 Å². The maximum Gasteiger partial charge on any atom is 0.416 e. The van der Waals surface area contributed by atoms with Crippen molar-refractivity contribution in [3.63, 3.8) is 0 Å². The molecule has 3 N–H and O–H groups in total. The number of nitrogens with zero attached hydrogens (tertiary/aromatic N) is 3. The molecule has 0 radical (unpaired) electrons. The summed E-state index contributed by atoms with van der Waals surface area (Å²) in [6.45, 7) is -0.438. The molecule has 4 aromatic rings. The van der Waals surface area contributed by atoms with E-state index in [2.05, 4.69) is 25.6 Å². The molecule has 190 valence electrons. The summed E-state index contributed by atoms with van der Waals surface area (Å²) in [6.07, 6.45) is -1.57. The van der Waals surface area contributed by atoms with E-state index in [9.17, 15) is 27.9 Å². The molecule has 1 aromatic carbocycles. The summed E-state index contributed by atoms with van der Waals surface area (Å²) in [4.78, 5) is 37.9. The summed E-state index contributed by atoms with van der Waals surface area (Å²) in [5, 5.41) is 14.3. The second-order valence-corrected chi connectivity index (χ2v) is 9.12. The lowest BCUT2D eigenvalue weighted by Crippen LogP contribution is -2.26. The lowest BCUT2D eigenvalue weighted by molar-refractivity contribution is -0.138. The van der Waals surface area contributed by atoms with Crippen LogP contribution in [0.15, 0.2) is 54.9 Å². The van der Waals surface area contributed by atoms with Crippen LogP contribution in [0.2, 0.25) is 10.2 Å². The first-order valence-electron chi connectivity index (χ1n) is 10.3. The Morgan fingerprint density at radius 3 is 2.49 bits per heavy atom. The number of hydrogen-bond donors (Lipinski definition) is 3. The number of thiazole rings is 1. The number of pyridine rings is 2. The second-order valence-electron chi connectivity index (χ2n) is 7.36. The van der Waals surface area contributed by atoms with Crippen molar-refractivity contribution in [1.29, 1.82) is 0 Å². The Bertz CT molecular complexity index is 1460. The van der Waals surface area contributed by atoms with Crippen LogP contribution in [0.25, 0.3) is 10.6 Å². The number of aromatic nitrogens is 3. The molecule has 4 rings (SSSR count). The number of nitrogens with one attached hydrogen (secondary N) is 2. The molecule has 8 nitrogen and oxygen atoms in total. The largest absolute Gasteiger partial charge is 0.504 e. The van der Waals surface area contributed by atoms with Gasteiger partial charge in [0.1, 0.15) is 15.7 Å². The summed E-state index contributed by atoms with van der Waals surface area (Å²) in [5.74, 6) is -2.15. The average molecular weight is 568 g/mol. The third kappa shape index (κ3) is 5.98. The first kappa shape index (κ1) is 26.3. The van der Waals surface area contributed by atoms with Crippen molar-refractivity contribution in [3.05, 3.63) is 87.5 Å². The molecule has 3 heterocycles. The van der Waals surface area contributed by atoms with E-state index in [1.807, 2.05) is 0 Å². The topological polar surface area (TPSA) is 117 Å². The lowest BCUT2D eigenvalue weighted by Gasteiger charge is -2.13. The predicted molar refractivity (Wildman–Crippen MR) is 132 cm³/mol. The zero-order valence-corrected chi connectivity index (χ0v) is 20.6. The van der Waals surface area contributed by atoms with Crippen molar-refractivity contribution in [2.75, 3.05) is 5.32 Å². The molecule has 0 aliphatic carbocycles. The van der Waals surface area contributed by atoms with E-state index in [1.54, 1.807) is 12.1 Å². The number of carbonyl (C=O) groups is 2. The molecule has 14 heteroatoms. The second kappa shape index (κ2) is 10.7. The van der Waals surface area contributed by atoms with Crippen LogP contribution in [0.1, 0.15) is 32.1 Å². The van der Waals surface area contributed by atoms with Gasteiger partial charge in [-0.2, -0.15) is 13.2 Å².